The zero-order valence-corrected chi connectivity index (χ0v) is 16.1. The minimum Gasteiger partial charge on any atom is -0.326 e. The molecule has 142 valence electrons. The molecule has 2 rings (SSSR count). The summed E-state index contributed by atoms with van der Waals surface area (Å²) in [6.45, 7) is 8.27. The zero-order chi connectivity index (χ0) is 19.0. The van der Waals surface area contributed by atoms with E-state index in [1.165, 1.54) is 19.2 Å². The topological polar surface area (TPSA) is 119 Å². The van der Waals surface area contributed by atoms with Crippen LogP contribution >= 0.6 is 8.25 Å². The Morgan fingerprint density at radius 1 is 1.32 bits per heavy atom. The van der Waals surface area contributed by atoms with Crippen LogP contribution in [0.2, 0.25) is 0 Å². The van der Waals surface area contributed by atoms with Crippen LogP contribution in [0.4, 0.5) is 0 Å². The van der Waals surface area contributed by atoms with E-state index in [-0.39, 0.29) is 31.3 Å². The lowest BCUT2D eigenvalue weighted by Crippen LogP contribution is -2.36. The third-order valence-electron chi connectivity index (χ3n) is 3.52. The molecule has 0 aliphatic rings. The monoisotopic (exact) mass is 374 g/mol. The highest BCUT2D eigenvalue weighted by molar-refractivity contribution is 7.32. The van der Waals surface area contributed by atoms with E-state index in [0.717, 1.165) is 4.57 Å². The minimum absolute atomic E-state index is 0.00164. The molecule has 0 bridgehead atoms. The smallest absolute Gasteiger partial charge is 0.326 e. The Morgan fingerprint density at radius 3 is 2.48 bits per heavy atom. The summed E-state index contributed by atoms with van der Waals surface area (Å²) in [5.41, 5.74) is -0.400. The van der Waals surface area contributed by atoms with Crippen LogP contribution in [0.1, 0.15) is 53.0 Å². The maximum atomic E-state index is 12.4. The van der Waals surface area contributed by atoms with Crippen LogP contribution in [0, 0.1) is 0 Å². The molecule has 2 aromatic rings. The lowest BCUT2D eigenvalue weighted by Gasteiger charge is -2.09. The first-order valence-electron chi connectivity index (χ1n) is 8.38. The third-order valence-corrected chi connectivity index (χ3v) is 3.97. The van der Waals surface area contributed by atoms with Gasteiger partial charge in [0.15, 0.2) is 11.2 Å². The van der Waals surface area contributed by atoms with Gasteiger partial charge in [-0.1, -0.05) is 26.7 Å². The van der Waals surface area contributed by atoms with E-state index in [0.29, 0.717) is 5.52 Å². The first kappa shape index (κ1) is 21.3. The average Bonchev–Trinajstić information content (AvgIpc) is 2.98. The predicted octanol–water partition coefficient (Wildman–Crippen LogP) is 2.06. The maximum Gasteiger partial charge on any atom is 0.330 e. The number of unbranched alkanes of at least 4 members (excludes halogenated alkanes) is 1. The van der Waals surface area contributed by atoms with E-state index in [2.05, 4.69) is 28.3 Å². The molecule has 0 saturated carbocycles. The summed E-state index contributed by atoms with van der Waals surface area (Å²) in [5.74, 6) is 0. The molecule has 0 saturated heterocycles. The van der Waals surface area contributed by atoms with Gasteiger partial charge in [-0.25, -0.2) is 9.78 Å². The van der Waals surface area contributed by atoms with E-state index >= 15 is 0 Å². The average molecular weight is 374 g/mol. The lowest BCUT2D eigenvalue weighted by molar-refractivity contribution is 0.270. The van der Waals surface area contributed by atoms with Gasteiger partial charge in [0, 0.05) is 12.6 Å². The van der Waals surface area contributed by atoms with Gasteiger partial charge < -0.3 is 14.0 Å². The van der Waals surface area contributed by atoms with Crippen molar-refractivity contribution >= 4 is 19.4 Å². The fourth-order valence-electron chi connectivity index (χ4n) is 2.03. The van der Waals surface area contributed by atoms with E-state index < -0.39 is 19.5 Å². The van der Waals surface area contributed by atoms with Crippen molar-refractivity contribution < 1.29 is 14.0 Å². The normalized spacial score (nSPS) is 12.2. The maximum absolute atomic E-state index is 12.4. The van der Waals surface area contributed by atoms with E-state index in [1.54, 1.807) is 4.57 Å². The molecule has 0 fully saturated rings. The summed E-state index contributed by atoms with van der Waals surface area (Å²) >= 11 is 0. The van der Waals surface area contributed by atoms with Crippen molar-refractivity contribution in [2.45, 2.75) is 59.5 Å². The van der Waals surface area contributed by atoms with Crippen molar-refractivity contribution in [3.63, 3.8) is 0 Å². The van der Waals surface area contributed by atoms with Gasteiger partial charge in [0.05, 0.1) is 12.9 Å². The van der Waals surface area contributed by atoms with Crippen LogP contribution in [0.15, 0.2) is 15.9 Å². The van der Waals surface area contributed by atoms with Gasteiger partial charge in [-0.15, -0.1) is 0 Å². The highest BCUT2D eigenvalue weighted by Gasteiger charge is 2.14. The number of imidazole rings is 1. The van der Waals surface area contributed by atoms with E-state index in [4.69, 9.17) is 4.89 Å². The van der Waals surface area contributed by atoms with Crippen LogP contribution in [-0.2, 0) is 15.6 Å². The summed E-state index contributed by atoms with van der Waals surface area (Å²) in [5, 5.41) is 0. The van der Waals surface area contributed by atoms with Crippen LogP contribution in [-0.4, -0.2) is 30.6 Å². The molecule has 2 aromatic heterocycles. The molecule has 0 aromatic carbocycles. The lowest BCUT2D eigenvalue weighted by atomic mass is 10.3. The highest BCUT2D eigenvalue weighted by atomic mass is 31.1. The third kappa shape index (κ3) is 5.95. The van der Waals surface area contributed by atoms with Crippen molar-refractivity contribution in [2.75, 3.05) is 6.61 Å². The van der Waals surface area contributed by atoms with Crippen LogP contribution in [0.25, 0.3) is 11.2 Å². The number of rotatable bonds is 7. The molecule has 10 heteroatoms. The molecule has 0 radical (unpaired) electrons. The molecule has 0 aliphatic heterocycles. The quantitative estimate of drug-likeness (QED) is 0.565. The standard InChI is InChI=1S/C11H17N4O5P.C4H10/c1-7(2)15-6-12-9-8(15)10(16)14(11(17)13-9)4-3-5-20-21(18)19;1-3-4-2/h6-7,21H,3-5H2,1-2H3,(H,13,17)(H,18,19);3-4H2,1-2H3. The second-order valence-electron chi connectivity index (χ2n) is 5.80. The first-order chi connectivity index (χ1) is 11.8. The van der Waals surface area contributed by atoms with Crippen LogP contribution in [0.5, 0.6) is 0 Å². The van der Waals surface area contributed by atoms with Crippen molar-refractivity contribution in [1.29, 1.82) is 0 Å². The number of H-pyrrole nitrogens is 1. The Morgan fingerprint density at radius 2 is 1.96 bits per heavy atom. The van der Waals surface area contributed by atoms with Crippen LogP contribution in [0.3, 0.4) is 0 Å². The number of nitrogens with zero attached hydrogens (tertiary/aromatic N) is 3. The molecule has 0 aliphatic carbocycles. The van der Waals surface area contributed by atoms with Crippen molar-refractivity contribution in [3.05, 3.63) is 27.2 Å². The SMILES string of the molecule is CC(C)n1cnc2[nH]c(=O)n(CCCO[PH](=O)O)c(=O)c21.CCCC. The van der Waals surface area contributed by atoms with Crippen molar-refractivity contribution in [1.82, 2.24) is 19.1 Å². The van der Waals surface area contributed by atoms with E-state index in [1.807, 2.05) is 13.8 Å². The minimum atomic E-state index is -2.99. The summed E-state index contributed by atoms with van der Waals surface area (Å²) in [7, 11) is -2.99. The summed E-state index contributed by atoms with van der Waals surface area (Å²) in [6.07, 6.45) is 4.43. The molecule has 1 unspecified atom stereocenters. The molecule has 9 nitrogen and oxygen atoms in total. The number of hydrogen-bond acceptors (Lipinski definition) is 5. The molecule has 25 heavy (non-hydrogen) atoms. The largest absolute Gasteiger partial charge is 0.330 e. The Labute approximate surface area is 146 Å². The molecule has 0 amide bonds. The fraction of sp³-hybridized carbons (Fsp3) is 0.667. The Hall–Kier alpha value is -1.70. The van der Waals surface area contributed by atoms with Gasteiger partial charge in [-0.3, -0.25) is 18.9 Å². The number of nitrogens with one attached hydrogen (secondary N) is 1. The fourth-order valence-corrected chi connectivity index (χ4v) is 2.35. The summed E-state index contributed by atoms with van der Waals surface area (Å²) < 4.78 is 17.7. The number of aromatic nitrogens is 4. The summed E-state index contributed by atoms with van der Waals surface area (Å²) in [4.78, 5) is 39.4. The second kappa shape index (κ2) is 10.3. The van der Waals surface area contributed by atoms with Gasteiger partial charge in [0.2, 0.25) is 0 Å². The van der Waals surface area contributed by atoms with Gasteiger partial charge in [-0.2, -0.15) is 0 Å². The number of fused-ring (bicyclic) bond motifs is 1. The molecular weight excluding hydrogens is 347 g/mol. The first-order valence-corrected chi connectivity index (χ1v) is 9.65. The molecule has 0 spiro atoms. The predicted molar refractivity (Wildman–Crippen MR) is 97.4 cm³/mol. The van der Waals surface area contributed by atoms with Gasteiger partial charge in [-0.05, 0) is 20.3 Å². The van der Waals surface area contributed by atoms with E-state index in [9.17, 15) is 14.2 Å². The Bertz CT molecular complexity index is 806. The molecule has 2 heterocycles. The van der Waals surface area contributed by atoms with Gasteiger partial charge in [0.25, 0.3) is 5.56 Å². The second-order valence-corrected chi connectivity index (χ2v) is 6.62. The Kier molecular flexibility index (Phi) is 8.82. The highest BCUT2D eigenvalue weighted by Crippen LogP contribution is 2.14. The van der Waals surface area contributed by atoms with Gasteiger partial charge >= 0.3 is 13.9 Å². The molecule has 1 atom stereocenters. The number of hydrogen-bond donors (Lipinski definition) is 2. The zero-order valence-electron chi connectivity index (χ0n) is 15.1. The Balaban J connectivity index is 0.000000705. The summed E-state index contributed by atoms with van der Waals surface area (Å²) in [6, 6.07) is 0.0328. The van der Waals surface area contributed by atoms with Gasteiger partial charge in [0.1, 0.15) is 0 Å². The number of aromatic amines is 1. The van der Waals surface area contributed by atoms with Crippen molar-refractivity contribution in [2.24, 2.45) is 0 Å². The molecular formula is C15H27N4O5P. The molecule has 2 N–H and O–H groups in total. The van der Waals surface area contributed by atoms with Crippen LogP contribution < -0.4 is 11.2 Å². The van der Waals surface area contributed by atoms with Crippen molar-refractivity contribution in [3.8, 4) is 0 Å².